The first-order valence-corrected chi connectivity index (χ1v) is 4.92. The van der Waals surface area contributed by atoms with Gasteiger partial charge in [0.2, 0.25) is 0 Å². The van der Waals surface area contributed by atoms with Crippen LogP contribution in [0.5, 0.6) is 5.75 Å². The minimum Gasteiger partial charge on any atom is -0.494 e. The monoisotopic (exact) mass is 248 g/mol. The SMILES string of the molecule is COC(=O)Cc1cc(Cl)c(OC)c(Cl)c1. The summed E-state index contributed by atoms with van der Waals surface area (Å²) in [6, 6.07) is 3.26. The molecule has 0 aliphatic heterocycles. The minimum absolute atomic E-state index is 0.139. The molecule has 0 atom stereocenters. The van der Waals surface area contributed by atoms with E-state index in [1.165, 1.54) is 14.2 Å². The van der Waals surface area contributed by atoms with Crippen molar-refractivity contribution in [2.75, 3.05) is 14.2 Å². The van der Waals surface area contributed by atoms with Gasteiger partial charge in [-0.3, -0.25) is 4.79 Å². The van der Waals surface area contributed by atoms with Crippen molar-refractivity contribution in [3.05, 3.63) is 27.7 Å². The molecule has 0 radical (unpaired) electrons. The van der Waals surface area contributed by atoms with Crippen LogP contribution >= 0.6 is 23.2 Å². The van der Waals surface area contributed by atoms with E-state index in [2.05, 4.69) is 4.74 Å². The average Bonchev–Trinajstić information content (AvgIpc) is 2.17. The Bertz CT molecular complexity index is 354. The van der Waals surface area contributed by atoms with Crippen LogP contribution in [0.3, 0.4) is 0 Å². The summed E-state index contributed by atoms with van der Waals surface area (Å²) in [5, 5.41) is 0.757. The van der Waals surface area contributed by atoms with Crippen molar-refractivity contribution in [3.8, 4) is 5.75 Å². The lowest BCUT2D eigenvalue weighted by atomic mass is 10.1. The van der Waals surface area contributed by atoms with E-state index in [1.54, 1.807) is 12.1 Å². The summed E-state index contributed by atoms with van der Waals surface area (Å²) in [4.78, 5) is 11.0. The molecular weight excluding hydrogens is 239 g/mol. The van der Waals surface area contributed by atoms with Crippen molar-refractivity contribution in [1.29, 1.82) is 0 Å². The van der Waals surface area contributed by atoms with Crippen LogP contribution in [0.4, 0.5) is 0 Å². The molecule has 0 aliphatic rings. The highest BCUT2D eigenvalue weighted by Crippen LogP contribution is 2.33. The number of hydrogen-bond donors (Lipinski definition) is 0. The summed E-state index contributed by atoms with van der Waals surface area (Å²) in [6.07, 6.45) is 0.139. The summed E-state index contributed by atoms with van der Waals surface area (Å²) in [7, 11) is 2.81. The van der Waals surface area contributed by atoms with Gasteiger partial charge in [-0.25, -0.2) is 0 Å². The molecule has 1 aromatic carbocycles. The number of carbonyl (C=O) groups is 1. The van der Waals surface area contributed by atoms with E-state index in [9.17, 15) is 4.79 Å². The summed E-state index contributed by atoms with van der Waals surface area (Å²) in [5.74, 6) is 0.0687. The van der Waals surface area contributed by atoms with Crippen LogP contribution in [-0.4, -0.2) is 20.2 Å². The zero-order valence-electron chi connectivity index (χ0n) is 8.34. The lowest BCUT2D eigenvalue weighted by Gasteiger charge is -2.07. The zero-order valence-corrected chi connectivity index (χ0v) is 9.85. The number of ether oxygens (including phenoxy) is 2. The highest BCUT2D eigenvalue weighted by Gasteiger charge is 2.10. The van der Waals surface area contributed by atoms with Gasteiger partial charge in [0, 0.05) is 0 Å². The first kappa shape index (κ1) is 12.1. The molecule has 0 spiro atoms. The molecule has 0 aromatic heterocycles. The fraction of sp³-hybridized carbons (Fsp3) is 0.300. The second kappa shape index (κ2) is 5.24. The minimum atomic E-state index is -0.340. The average molecular weight is 249 g/mol. The van der Waals surface area contributed by atoms with E-state index in [-0.39, 0.29) is 12.4 Å². The van der Waals surface area contributed by atoms with Gasteiger partial charge in [-0.2, -0.15) is 0 Å². The van der Waals surface area contributed by atoms with Crippen molar-refractivity contribution in [1.82, 2.24) is 0 Å². The van der Waals surface area contributed by atoms with Crippen LogP contribution in [0.2, 0.25) is 10.0 Å². The largest absolute Gasteiger partial charge is 0.494 e. The second-order valence-corrected chi connectivity index (χ2v) is 3.66. The van der Waals surface area contributed by atoms with Crippen LogP contribution in [0.15, 0.2) is 12.1 Å². The number of rotatable bonds is 3. The molecule has 0 aliphatic carbocycles. The molecule has 1 aromatic rings. The Labute approximate surface area is 97.9 Å². The molecule has 1 rings (SSSR count). The van der Waals surface area contributed by atoms with Gasteiger partial charge >= 0.3 is 5.97 Å². The molecule has 15 heavy (non-hydrogen) atoms. The number of esters is 1. The Hall–Kier alpha value is -0.930. The lowest BCUT2D eigenvalue weighted by Crippen LogP contribution is -2.04. The Morgan fingerprint density at radius 3 is 2.20 bits per heavy atom. The maximum Gasteiger partial charge on any atom is 0.309 e. The van der Waals surface area contributed by atoms with E-state index in [4.69, 9.17) is 27.9 Å². The molecular formula is C10H10Cl2O3. The van der Waals surface area contributed by atoms with Crippen LogP contribution in [0.1, 0.15) is 5.56 Å². The number of carbonyl (C=O) groups excluding carboxylic acids is 1. The third kappa shape index (κ3) is 3.01. The standard InChI is InChI=1S/C10H10Cl2O3/c1-14-9(13)5-6-3-7(11)10(15-2)8(12)4-6/h3-4H,5H2,1-2H3. The van der Waals surface area contributed by atoms with Gasteiger partial charge in [-0.15, -0.1) is 0 Å². The normalized spacial score (nSPS) is 9.87. The maximum absolute atomic E-state index is 11.0. The summed E-state index contributed by atoms with van der Waals surface area (Å²) in [5.41, 5.74) is 0.692. The third-order valence-electron chi connectivity index (χ3n) is 1.84. The molecule has 0 heterocycles. The summed E-state index contributed by atoms with van der Waals surface area (Å²) < 4.78 is 9.52. The van der Waals surface area contributed by atoms with Gasteiger partial charge in [0.15, 0.2) is 5.75 Å². The smallest absolute Gasteiger partial charge is 0.309 e. The van der Waals surface area contributed by atoms with E-state index >= 15 is 0 Å². The number of methoxy groups -OCH3 is 2. The first-order chi connectivity index (χ1) is 7.08. The van der Waals surface area contributed by atoms with Crippen molar-refractivity contribution in [3.63, 3.8) is 0 Å². The van der Waals surface area contributed by atoms with E-state index in [0.29, 0.717) is 21.4 Å². The molecule has 0 saturated carbocycles. The van der Waals surface area contributed by atoms with E-state index in [1.807, 2.05) is 0 Å². The van der Waals surface area contributed by atoms with Crippen LogP contribution < -0.4 is 4.74 Å². The highest BCUT2D eigenvalue weighted by atomic mass is 35.5. The topological polar surface area (TPSA) is 35.5 Å². The molecule has 0 bridgehead atoms. The lowest BCUT2D eigenvalue weighted by molar-refractivity contribution is -0.139. The molecule has 0 saturated heterocycles. The predicted octanol–water partition coefficient (Wildman–Crippen LogP) is 2.72. The predicted molar refractivity (Wildman–Crippen MR) is 58.7 cm³/mol. The Morgan fingerprint density at radius 1 is 1.27 bits per heavy atom. The molecule has 0 N–H and O–H groups in total. The van der Waals surface area contributed by atoms with Crippen molar-refractivity contribution >= 4 is 29.2 Å². The quantitative estimate of drug-likeness (QED) is 0.772. The van der Waals surface area contributed by atoms with E-state index in [0.717, 1.165) is 0 Å². The van der Waals surface area contributed by atoms with Gasteiger partial charge in [0.25, 0.3) is 0 Å². The summed E-state index contributed by atoms with van der Waals surface area (Å²) in [6.45, 7) is 0. The summed E-state index contributed by atoms with van der Waals surface area (Å²) >= 11 is 11.8. The van der Waals surface area contributed by atoms with Gasteiger partial charge < -0.3 is 9.47 Å². The highest BCUT2D eigenvalue weighted by molar-refractivity contribution is 6.37. The fourth-order valence-electron chi connectivity index (χ4n) is 1.15. The first-order valence-electron chi connectivity index (χ1n) is 4.17. The third-order valence-corrected chi connectivity index (χ3v) is 2.40. The molecule has 3 nitrogen and oxygen atoms in total. The Kier molecular flexibility index (Phi) is 4.24. The number of hydrogen-bond acceptors (Lipinski definition) is 3. The van der Waals surface area contributed by atoms with Crippen LogP contribution in [0, 0.1) is 0 Å². The molecule has 5 heteroatoms. The van der Waals surface area contributed by atoms with Gasteiger partial charge in [0.05, 0.1) is 30.7 Å². The zero-order chi connectivity index (χ0) is 11.4. The van der Waals surface area contributed by atoms with Gasteiger partial charge in [-0.1, -0.05) is 23.2 Å². The second-order valence-electron chi connectivity index (χ2n) is 2.85. The van der Waals surface area contributed by atoms with Crippen molar-refractivity contribution < 1.29 is 14.3 Å². The maximum atomic E-state index is 11.0. The van der Waals surface area contributed by atoms with E-state index < -0.39 is 0 Å². The fourth-order valence-corrected chi connectivity index (χ4v) is 1.83. The molecule has 82 valence electrons. The number of halogens is 2. The van der Waals surface area contributed by atoms with Gasteiger partial charge in [-0.05, 0) is 17.7 Å². The van der Waals surface area contributed by atoms with Crippen molar-refractivity contribution in [2.24, 2.45) is 0 Å². The van der Waals surface area contributed by atoms with Crippen molar-refractivity contribution in [2.45, 2.75) is 6.42 Å². The molecule has 0 fully saturated rings. The molecule has 0 amide bonds. The Morgan fingerprint density at radius 2 is 1.80 bits per heavy atom. The Balaban J connectivity index is 2.98. The van der Waals surface area contributed by atoms with Crippen LogP contribution in [-0.2, 0) is 16.0 Å². The van der Waals surface area contributed by atoms with Crippen LogP contribution in [0.25, 0.3) is 0 Å². The van der Waals surface area contributed by atoms with Gasteiger partial charge in [0.1, 0.15) is 0 Å². The number of benzene rings is 1. The molecule has 0 unspecified atom stereocenters.